The Balaban J connectivity index is 2.04. The van der Waals surface area contributed by atoms with Gasteiger partial charge in [-0.05, 0) is 55.2 Å². The molecule has 3 aromatic rings. The minimum Gasteiger partial charge on any atom is -0.493 e. The smallest absolute Gasteiger partial charge is 0.255 e. The number of carbonyl (C=O) groups excluding carboxylic acids is 2. The number of hydrogen-bond acceptors (Lipinski definition) is 5. The molecule has 3 rings (SSSR count). The normalized spacial score (nSPS) is 11.7. The second-order valence-corrected chi connectivity index (χ2v) is 8.87. The zero-order chi connectivity index (χ0) is 25.4. The van der Waals surface area contributed by atoms with E-state index in [1.165, 1.54) is 19.1 Å². The Bertz CT molecular complexity index is 1110. The van der Waals surface area contributed by atoms with Crippen molar-refractivity contribution in [1.29, 1.82) is 0 Å². The topological polar surface area (TPSA) is 81.0 Å². The van der Waals surface area contributed by atoms with Gasteiger partial charge in [-0.3, -0.25) is 9.59 Å². The molecule has 186 valence electrons. The van der Waals surface area contributed by atoms with Crippen molar-refractivity contribution in [2.75, 3.05) is 20.8 Å². The monoisotopic (exact) mass is 478 g/mol. The molecule has 0 saturated heterocycles. The van der Waals surface area contributed by atoms with E-state index in [4.69, 9.17) is 13.9 Å². The maximum Gasteiger partial charge on any atom is 0.255 e. The van der Waals surface area contributed by atoms with Gasteiger partial charge >= 0.3 is 0 Å². The molecule has 1 heterocycles. The zero-order valence-corrected chi connectivity index (χ0v) is 21.0. The predicted molar refractivity (Wildman–Crippen MR) is 135 cm³/mol. The summed E-state index contributed by atoms with van der Waals surface area (Å²) in [5.41, 5.74) is 2.16. The van der Waals surface area contributed by atoms with Crippen LogP contribution < -0.4 is 14.8 Å². The van der Waals surface area contributed by atoms with Crippen LogP contribution in [0.4, 0.5) is 0 Å². The van der Waals surface area contributed by atoms with Crippen molar-refractivity contribution in [3.63, 3.8) is 0 Å². The summed E-state index contributed by atoms with van der Waals surface area (Å²) in [7, 11) is 3.06. The molecular formula is C28H34N2O5. The molecule has 2 amide bonds. The average molecular weight is 479 g/mol. The Hall–Kier alpha value is -3.74. The Morgan fingerprint density at radius 3 is 2.31 bits per heavy atom. The summed E-state index contributed by atoms with van der Waals surface area (Å²) >= 11 is 0. The first-order valence-corrected chi connectivity index (χ1v) is 11.7. The Morgan fingerprint density at radius 1 is 1.00 bits per heavy atom. The molecule has 0 aliphatic rings. The van der Waals surface area contributed by atoms with Crippen LogP contribution in [0.1, 0.15) is 53.6 Å². The highest BCUT2D eigenvalue weighted by Gasteiger charge is 2.33. The number of hydrogen-bond donors (Lipinski definition) is 1. The van der Waals surface area contributed by atoms with E-state index in [1.54, 1.807) is 36.6 Å². The number of rotatable bonds is 11. The van der Waals surface area contributed by atoms with Crippen LogP contribution in [0.2, 0.25) is 0 Å². The highest BCUT2D eigenvalue weighted by molar-refractivity contribution is 5.98. The zero-order valence-electron chi connectivity index (χ0n) is 21.0. The first-order chi connectivity index (χ1) is 16.8. The number of amides is 2. The number of ether oxygens (including phenoxy) is 2. The first-order valence-electron chi connectivity index (χ1n) is 11.7. The van der Waals surface area contributed by atoms with Gasteiger partial charge < -0.3 is 24.1 Å². The standard InChI is InChI=1S/C28H34N2O5/c1-19(2)14-15-29-27(31)26(21-10-8-20(3)9-11-21)30(18-23-7-6-16-35-23)28(32)22-12-13-24(33-4)25(17-22)34-5/h6-13,16-17,19,26H,14-15,18H2,1-5H3,(H,29,31)/t26-/m1/s1. The third kappa shape index (κ3) is 6.66. The highest BCUT2D eigenvalue weighted by atomic mass is 16.5. The van der Waals surface area contributed by atoms with Gasteiger partial charge in [0.1, 0.15) is 11.8 Å². The van der Waals surface area contributed by atoms with Gasteiger partial charge in [0.25, 0.3) is 5.91 Å². The fourth-order valence-electron chi connectivity index (χ4n) is 3.79. The summed E-state index contributed by atoms with van der Waals surface area (Å²) in [5.74, 6) is 1.40. The average Bonchev–Trinajstić information content (AvgIpc) is 3.37. The van der Waals surface area contributed by atoms with Crippen molar-refractivity contribution >= 4 is 11.8 Å². The third-order valence-electron chi connectivity index (χ3n) is 5.77. The van der Waals surface area contributed by atoms with E-state index in [9.17, 15) is 9.59 Å². The second-order valence-electron chi connectivity index (χ2n) is 8.87. The van der Waals surface area contributed by atoms with Gasteiger partial charge in [-0.1, -0.05) is 43.7 Å². The van der Waals surface area contributed by atoms with Crippen molar-refractivity contribution < 1.29 is 23.5 Å². The lowest BCUT2D eigenvalue weighted by Crippen LogP contribution is -2.43. The van der Waals surface area contributed by atoms with E-state index in [-0.39, 0.29) is 18.4 Å². The van der Waals surface area contributed by atoms with E-state index in [1.807, 2.05) is 31.2 Å². The van der Waals surface area contributed by atoms with E-state index in [0.29, 0.717) is 35.3 Å². The lowest BCUT2D eigenvalue weighted by Gasteiger charge is -2.31. The van der Waals surface area contributed by atoms with Crippen molar-refractivity contribution in [2.24, 2.45) is 5.92 Å². The van der Waals surface area contributed by atoms with Gasteiger partial charge in [0, 0.05) is 12.1 Å². The van der Waals surface area contributed by atoms with Gasteiger partial charge in [-0.15, -0.1) is 0 Å². The van der Waals surface area contributed by atoms with Gasteiger partial charge in [-0.25, -0.2) is 0 Å². The van der Waals surface area contributed by atoms with Crippen molar-refractivity contribution in [1.82, 2.24) is 10.2 Å². The molecule has 7 nitrogen and oxygen atoms in total. The molecule has 0 fully saturated rings. The summed E-state index contributed by atoms with van der Waals surface area (Å²) in [4.78, 5) is 29.0. The van der Waals surface area contributed by atoms with E-state index >= 15 is 0 Å². The quantitative estimate of drug-likeness (QED) is 0.412. The fourth-order valence-corrected chi connectivity index (χ4v) is 3.79. The molecule has 7 heteroatoms. The van der Waals surface area contributed by atoms with Crippen LogP contribution in [-0.2, 0) is 11.3 Å². The minimum absolute atomic E-state index is 0.121. The molecule has 2 aromatic carbocycles. The summed E-state index contributed by atoms with van der Waals surface area (Å²) in [6.45, 7) is 6.84. The molecule has 1 aromatic heterocycles. The SMILES string of the molecule is COc1ccc(C(=O)N(Cc2ccco2)[C@@H](C(=O)NCCC(C)C)c2ccc(C)cc2)cc1OC. The molecule has 0 unspecified atom stereocenters. The summed E-state index contributed by atoms with van der Waals surface area (Å²) in [6, 6.07) is 15.3. The lowest BCUT2D eigenvalue weighted by molar-refractivity contribution is -0.126. The third-order valence-corrected chi connectivity index (χ3v) is 5.77. The van der Waals surface area contributed by atoms with Crippen LogP contribution in [-0.4, -0.2) is 37.5 Å². The highest BCUT2D eigenvalue weighted by Crippen LogP contribution is 2.31. The lowest BCUT2D eigenvalue weighted by atomic mass is 10.0. The number of benzene rings is 2. The van der Waals surface area contributed by atoms with Crippen molar-refractivity contribution in [3.8, 4) is 11.5 Å². The Morgan fingerprint density at radius 2 is 1.71 bits per heavy atom. The van der Waals surface area contributed by atoms with Crippen LogP contribution in [0, 0.1) is 12.8 Å². The second kappa shape index (κ2) is 12.1. The summed E-state index contributed by atoms with van der Waals surface area (Å²) in [5, 5.41) is 3.03. The largest absolute Gasteiger partial charge is 0.493 e. The summed E-state index contributed by atoms with van der Waals surface area (Å²) < 4.78 is 16.3. The molecule has 0 bridgehead atoms. The number of furan rings is 1. The Kier molecular flexibility index (Phi) is 8.95. The maximum atomic E-state index is 13.9. The number of aryl methyl sites for hydroxylation is 1. The van der Waals surface area contributed by atoms with Gasteiger partial charge in [0.15, 0.2) is 11.5 Å². The number of nitrogens with one attached hydrogen (secondary N) is 1. The van der Waals surface area contributed by atoms with Crippen molar-refractivity contribution in [2.45, 2.75) is 39.8 Å². The van der Waals surface area contributed by atoms with E-state index < -0.39 is 6.04 Å². The fraction of sp³-hybridized carbons (Fsp3) is 0.357. The van der Waals surface area contributed by atoms with Crippen LogP contribution in [0.5, 0.6) is 11.5 Å². The van der Waals surface area contributed by atoms with Crippen LogP contribution >= 0.6 is 0 Å². The minimum atomic E-state index is -0.853. The molecule has 0 radical (unpaired) electrons. The van der Waals surface area contributed by atoms with Crippen LogP contribution in [0.3, 0.4) is 0 Å². The van der Waals surface area contributed by atoms with E-state index in [0.717, 1.165) is 17.5 Å². The molecular weight excluding hydrogens is 444 g/mol. The molecule has 1 atom stereocenters. The van der Waals surface area contributed by atoms with Crippen molar-refractivity contribution in [3.05, 3.63) is 83.3 Å². The van der Waals surface area contributed by atoms with Crippen LogP contribution in [0.15, 0.2) is 65.3 Å². The molecule has 0 aliphatic heterocycles. The van der Waals surface area contributed by atoms with Crippen LogP contribution in [0.25, 0.3) is 0 Å². The van der Waals surface area contributed by atoms with Gasteiger partial charge in [0.2, 0.25) is 5.91 Å². The number of nitrogens with zero attached hydrogens (tertiary/aromatic N) is 1. The van der Waals surface area contributed by atoms with Gasteiger partial charge in [0.05, 0.1) is 27.0 Å². The molecule has 0 spiro atoms. The summed E-state index contributed by atoms with van der Waals surface area (Å²) in [6.07, 6.45) is 2.39. The molecule has 0 saturated carbocycles. The predicted octanol–water partition coefficient (Wildman–Crippen LogP) is 5.15. The Labute approximate surface area is 207 Å². The number of methoxy groups -OCH3 is 2. The van der Waals surface area contributed by atoms with Gasteiger partial charge in [-0.2, -0.15) is 0 Å². The molecule has 1 N–H and O–H groups in total. The first kappa shape index (κ1) is 25.9. The van der Waals surface area contributed by atoms with E-state index in [2.05, 4.69) is 19.2 Å². The number of carbonyl (C=O) groups is 2. The maximum absolute atomic E-state index is 13.9. The molecule has 0 aliphatic carbocycles. The molecule has 35 heavy (non-hydrogen) atoms.